The van der Waals surface area contributed by atoms with Crippen LogP contribution in [0.2, 0.25) is 0 Å². The topological polar surface area (TPSA) is 7.65 Å². The monoisotopic (exact) mass is 476 g/mol. The predicted molar refractivity (Wildman–Crippen MR) is 130 cm³/mol. The third kappa shape index (κ3) is 2.46. The highest BCUT2D eigenvalue weighted by Gasteiger charge is 2.19. The Kier molecular flexibility index (Phi) is 4.09. The summed E-state index contributed by atoms with van der Waals surface area (Å²) in [4.78, 5) is 2.14. The van der Waals surface area contributed by atoms with Gasteiger partial charge in [0.15, 0.2) is 0 Å². The fraction of sp³-hybridized carbons (Fsp3) is 0.120. The molecule has 2 nitrogen and oxygen atoms in total. The quantitative estimate of drug-likeness (QED) is 0.252. The molecular weight excluding hydrogens is 455 g/mol. The van der Waals surface area contributed by atoms with E-state index < -0.39 is 0 Å². The van der Waals surface area contributed by atoms with Crippen LogP contribution in [-0.2, 0) is 0 Å². The lowest BCUT2D eigenvalue weighted by atomic mass is 10.0. The second-order valence-corrected chi connectivity index (χ2v) is 8.55. The van der Waals surface area contributed by atoms with Gasteiger partial charge in [0.2, 0.25) is 0 Å². The van der Waals surface area contributed by atoms with Gasteiger partial charge >= 0.3 is 0 Å². The minimum absolute atomic E-state index is 1.22. The fourth-order valence-corrected chi connectivity index (χ4v) is 5.26. The van der Waals surface area contributed by atoms with Gasteiger partial charge in [-0.05, 0) is 64.9 Å². The van der Waals surface area contributed by atoms with Crippen molar-refractivity contribution in [2.45, 2.75) is 6.92 Å². The van der Waals surface area contributed by atoms with E-state index in [-0.39, 0.29) is 0 Å². The normalized spacial score (nSPS) is 11.6. The Balaban J connectivity index is 1.99. The largest absolute Gasteiger partial charge is 0.378 e. The summed E-state index contributed by atoms with van der Waals surface area (Å²) in [6, 6.07) is 26.4. The molecule has 0 spiro atoms. The molecule has 0 aliphatic carbocycles. The first-order valence-electron chi connectivity index (χ1n) is 9.45. The second kappa shape index (κ2) is 6.52. The Morgan fingerprint density at radius 3 is 1.96 bits per heavy atom. The number of halogens is 1. The molecule has 28 heavy (non-hydrogen) atoms. The van der Waals surface area contributed by atoms with E-state index in [0.717, 1.165) is 0 Å². The standard InChI is InChI=1S/C25H21IN2/c1-16-19-8-4-6-10-21(19)28-22-11-7-5-9-20(22)24(26)23(25(16)28)17-12-14-18(15-13-17)27(2)3/h4-15H,1-3H3. The molecule has 0 saturated carbocycles. The molecule has 2 aromatic heterocycles. The molecule has 138 valence electrons. The lowest BCUT2D eigenvalue weighted by molar-refractivity contribution is 1.13. The molecule has 5 rings (SSSR count). The van der Waals surface area contributed by atoms with Gasteiger partial charge in [-0.3, -0.25) is 0 Å². The first kappa shape index (κ1) is 17.6. The maximum absolute atomic E-state index is 2.53. The summed E-state index contributed by atoms with van der Waals surface area (Å²) in [6.45, 7) is 2.25. The van der Waals surface area contributed by atoms with Crippen molar-refractivity contribution < 1.29 is 0 Å². The number of benzene rings is 3. The molecule has 3 aromatic carbocycles. The fourth-order valence-electron chi connectivity index (χ4n) is 4.23. The lowest BCUT2D eigenvalue weighted by Crippen LogP contribution is -2.08. The summed E-state index contributed by atoms with van der Waals surface area (Å²) < 4.78 is 3.75. The Morgan fingerprint density at radius 2 is 1.32 bits per heavy atom. The molecule has 0 aliphatic heterocycles. The molecule has 5 aromatic rings. The second-order valence-electron chi connectivity index (χ2n) is 7.47. The van der Waals surface area contributed by atoms with Gasteiger partial charge in [-0.25, -0.2) is 0 Å². The molecule has 0 bridgehead atoms. The summed E-state index contributed by atoms with van der Waals surface area (Å²) in [6.07, 6.45) is 0. The minimum atomic E-state index is 1.22. The van der Waals surface area contributed by atoms with E-state index in [0.29, 0.717) is 0 Å². The van der Waals surface area contributed by atoms with Gasteiger partial charge in [-0.2, -0.15) is 0 Å². The van der Waals surface area contributed by atoms with Crippen molar-refractivity contribution in [1.82, 2.24) is 4.40 Å². The van der Waals surface area contributed by atoms with Crippen LogP contribution in [0.15, 0.2) is 72.8 Å². The zero-order valence-corrected chi connectivity index (χ0v) is 18.4. The first-order chi connectivity index (χ1) is 13.6. The Morgan fingerprint density at radius 1 is 0.750 bits per heavy atom. The number of pyridine rings is 1. The molecular formula is C25H21IN2. The Bertz CT molecular complexity index is 1340. The molecule has 0 radical (unpaired) electrons. The SMILES string of the molecule is Cc1c2ccccc2n2c1c(-c1ccc(N(C)C)cc1)c(I)c1ccccc12. The number of aromatic nitrogens is 1. The number of hydrogen-bond acceptors (Lipinski definition) is 1. The number of rotatable bonds is 2. The summed E-state index contributed by atoms with van der Waals surface area (Å²) in [5.41, 5.74) is 8.98. The molecule has 0 aliphatic rings. The van der Waals surface area contributed by atoms with Crippen LogP contribution in [0.1, 0.15) is 5.56 Å². The highest BCUT2D eigenvalue weighted by atomic mass is 127. The molecule has 0 atom stereocenters. The molecule has 0 amide bonds. The third-order valence-electron chi connectivity index (χ3n) is 5.64. The van der Waals surface area contributed by atoms with Crippen molar-refractivity contribution in [2.24, 2.45) is 0 Å². The number of hydrogen-bond donors (Lipinski definition) is 0. The van der Waals surface area contributed by atoms with Gasteiger partial charge in [0.05, 0.1) is 16.6 Å². The average Bonchev–Trinajstić information content (AvgIpc) is 3.02. The van der Waals surface area contributed by atoms with E-state index in [9.17, 15) is 0 Å². The van der Waals surface area contributed by atoms with Crippen LogP contribution in [0.4, 0.5) is 5.69 Å². The summed E-state index contributed by atoms with van der Waals surface area (Å²) in [5, 5.41) is 2.61. The highest BCUT2D eigenvalue weighted by Crippen LogP contribution is 2.41. The van der Waals surface area contributed by atoms with E-state index in [1.807, 2.05) is 0 Å². The lowest BCUT2D eigenvalue weighted by Gasteiger charge is -2.16. The number of fused-ring (bicyclic) bond motifs is 5. The molecule has 0 unspecified atom stereocenters. The molecule has 3 heteroatoms. The summed E-state index contributed by atoms with van der Waals surface area (Å²) >= 11 is 2.53. The van der Waals surface area contributed by atoms with Crippen LogP contribution in [0.25, 0.3) is 38.4 Å². The summed E-state index contributed by atoms with van der Waals surface area (Å²) in [5.74, 6) is 0. The van der Waals surface area contributed by atoms with Crippen molar-refractivity contribution in [3.05, 3.63) is 81.9 Å². The van der Waals surface area contributed by atoms with Gasteiger partial charge in [-0.15, -0.1) is 0 Å². The van der Waals surface area contributed by atoms with Gasteiger partial charge in [0.25, 0.3) is 0 Å². The summed E-state index contributed by atoms with van der Waals surface area (Å²) in [7, 11) is 4.16. The van der Waals surface area contributed by atoms with Gasteiger partial charge in [0.1, 0.15) is 0 Å². The molecule has 2 heterocycles. The van der Waals surface area contributed by atoms with Crippen molar-refractivity contribution in [3.8, 4) is 11.1 Å². The van der Waals surface area contributed by atoms with E-state index in [4.69, 9.17) is 0 Å². The first-order valence-corrected chi connectivity index (χ1v) is 10.5. The smallest absolute Gasteiger partial charge is 0.0587 e. The molecule has 0 fully saturated rings. The Labute approximate surface area is 178 Å². The third-order valence-corrected chi connectivity index (χ3v) is 6.76. The van der Waals surface area contributed by atoms with Crippen LogP contribution >= 0.6 is 22.6 Å². The zero-order chi connectivity index (χ0) is 19.4. The van der Waals surface area contributed by atoms with E-state index in [1.165, 1.54) is 53.3 Å². The van der Waals surface area contributed by atoms with Gasteiger partial charge in [-0.1, -0.05) is 48.5 Å². The molecule has 0 saturated heterocycles. The van der Waals surface area contributed by atoms with Crippen molar-refractivity contribution >= 4 is 55.6 Å². The van der Waals surface area contributed by atoms with E-state index >= 15 is 0 Å². The molecule has 0 N–H and O–H groups in total. The van der Waals surface area contributed by atoms with Crippen LogP contribution in [0.5, 0.6) is 0 Å². The van der Waals surface area contributed by atoms with Crippen LogP contribution in [-0.4, -0.2) is 18.5 Å². The predicted octanol–water partition coefficient (Wildman–Crippen LogP) is 6.89. The van der Waals surface area contributed by atoms with Crippen molar-refractivity contribution in [1.29, 1.82) is 0 Å². The number of para-hydroxylation sites is 2. The van der Waals surface area contributed by atoms with Gasteiger partial charge in [0, 0.05) is 39.7 Å². The Hall–Kier alpha value is -2.53. The van der Waals surface area contributed by atoms with Crippen LogP contribution < -0.4 is 4.90 Å². The van der Waals surface area contributed by atoms with Crippen molar-refractivity contribution in [3.63, 3.8) is 0 Å². The average molecular weight is 476 g/mol. The zero-order valence-electron chi connectivity index (χ0n) is 16.2. The number of anilines is 1. The van der Waals surface area contributed by atoms with Gasteiger partial charge < -0.3 is 9.30 Å². The van der Waals surface area contributed by atoms with E-state index in [2.05, 4.69) is 126 Å². The van der Waals surface area contributed by atoms with Crippen molar-refractivity contribution in [2.75, 3.05) is 19.0 Å². The van der Waals surface area contributed by atoms with Crippen LogP contribution in [0, 0.1) is 10.5 Å². The van der Waals surface area contributed by atoms with E-state index in [1.54, 1.807) is 0 Å². The van der Waals surface area contributed by atoms with Crippen LogP contribution in [0.3, 0.4) is 0 Å². The maximum atomic E-state index is 2.53. The maximum Gasteiger partial charge on any atom is 0.0587 e. The minimum Gasteiger partial charge on any atom is -0.378 e. The highest BCUT2D eigenvalue weighted by molar-refractivity contribution is 14.1. The number of nitrogens with zero attached hydrogens (tertiary/aromatic N) is 2. The number of aryl methyl sites for hydroxylation is 1.